The first-order chi connectivity index (χ1) is 7.26. The highest BCUT2D eigenvalue weighted by Crippen LogP contribution is 2.10. The smallest absolute Gasteiger partial charge is 0.341 e. The molecule has 0 radical (unpaired) electrons. The second kappa shape index (κ2) is 3.90. The van der Waals surface area contributed by atoms with E-state index in [2.05, 4.69) is 27.4 Å². The first-order valence-electron chi connectivity index (χ1n) is 4.29. The van der Waals surface area contributed by atoms with Gasteiger partial charge < -0.3 is 4.74 Å². The second-order valence-electron chi connectivity index (χ2n) is 2.87. The van der Waals surface area contributed by atoms with E-state index in [1.807, 2.05) is 0 Å². The molecule has 0 saturated heterocycles. The number of esters is 1. The third kappa shape index (κ3) is 1.68. The number of ether oxygens (including phenoxy) is 1. The molecule has 0 atom stereocenters. The van der Waals surface area contributed by atoms with Crippen molar-refractivity contribution in [3.63, 3.8) is 0 Å². The Labute approximate surface area is 91.5 Å². The van der Waals surface area contributed by atoms with Crippen molar-refractivity contribution >= 4 is 24.2 Å². The SMILES string of the molecule is COC(=O)c1cccn2nc(CS)nc12. The summed E-state index contributed by atoms with van der Waals surface area (Å²) in [6.07, 6.45) is 1.72. The predicted molar refractivity (Wildman–Crippen MR) is 57.0 cm³/mol. The van der Waals surface area contributed by atoms with E-state index in [1.165, 1.54) is 11.6 Å². The molecular weight excluding hydrogens is 214 g/mol. The van der Waals surface area contributed by atoms with Crippen LogP contribution in [0.1, 0.15) is 16.2 Å². The number of pyridine rings is 1. The molecule has 0 spiro atoms. The Morgan fingerprint density at radius 3 is 3.13 bits per heavy atom. The predicted octanol–water partition coefficient (Wildman–Crippen LogP) is 0.946. The van der Waals surface area contributed by atoms with Gasteiger partial charge in [-0.1, -0.05) is 0 Å². The minimum atomic E-state index is -0.418. The van der Waals surface area contributed by atoms with Crippen LogP contribution in [0.4, 0.5) is 0 Å². The summed E-state index contributed by atoms with van der Waals surface area (Å²) in [5, 5.41) is 4.13. The van der Waals surface area contributed by atoms with Gasteiger partial charge in [0.2, 0.25) is 0 Å². The number of nitrogens with zero attached hydrogens (tertiary/aromatic N) is 3. The lowest BCUT2D eigenvalue weighted by Crippen LogP contribution is -2.04. The van der Waals surface area contributed by atoms with Crippen LogP contribution in [0, 0.1) is 0 Å². The zero-order valence-corrected chi connectivity index (χ0v) is 8.94. The standard InChI is InChI=1S/C9H9N3O2S/c1-14-9(13)6-3-2-4-12-8(6)10-7(5-15)11-12/h2-4,15H,5H2,1H3. The number of fused-ring (bicyclic) bond motifs is 1. The molecule has 0 bridgehead atoms. The number of methoxy groups -OCH3 is 1. The third-order valence-corrected chi connectivity index (χ3v) is 2.24. The molecule has 2 heterocycles. The maximum atomic E-state index is 11.4. The molecule has 0 aliphatic carbocycles. The first-order valence-corrected chi connectivity index (χ1v) is 4.93. The van der Waals surface area contributed by atoms with E-state index >= 15 is 0 Å². The Morgan fingerprint density at radius 1 is 1.67 bits per heavy atom. The van der Waals surface area contributed by atoms with Gasteiger partial charge >= 0.3 is 5.97 Å². The molecule has 6 heteroatoms. The number of hydrogen-bond donors (Lipinski definition) is 1. The Bertz CT molecular complexity index is 509. The lowest BCUT2D eigenvalue weighted by atomic mass is 10.3. The van der Waals surface area contributed by atoms with Crippen LogP contribution in [0.5, 0.6) is 0 Å². The molecule has 15 heavy (non-hydrogen) atoms. The highest BCUT2D eigenvalue weighted by atomic mass is 32.1. The largest absolute Gasteiger partial charge is 0.465 e. The van der Waals surface area contributed by atoms with Crippen LogP contribution in [-0.4, -0.2) is 27.7 Å². The van der Waals surface area contributed by atoms with Gasteiger partial charge in [-0.15, -0.1) is 0 Å². The fourth-order valence-electron chi connectivity index (χ4n) is 1.29. The first kappa shape index (κ1) is 9.97. The highest BCUT2D eigenvalue weighted by Gasteiger charge is 2.13. The molecule has 0 amide bonds. The van der Waals surface area contributed by atoms with Crippen molar-refractivity contribution in [3.8, 4) is 0 Å². The number of rotatable bonds is 2. The quantitative estimate of drug-likeness (QED) is 0.608. The maximum Gasteiger partial charge on any atom is 0.341 e. The summed E-state index contributed by atoms with van der Waals surface area (Å²) in [6, 6.07) is 3.37. The Kier molecular flexibility index (Phi) is 2.59. The molecule has 2 rings (SSSR count). The van der Waals surface area contributed by atoms with Crippen LogP contribution in [0.3, 0.4) is 0 Å². The van der Waals surface area contributed by atoms with E-state index in [1.54, 1.807) is 18.3 Å². The molecule has 5 nitrogen and oxygen atoms in total. The van der Waals surface area contributed by atoms with E-state index < -0.39 is 5.97 Å². The summed E-state index contributed by atoms with van der Waals surface area (Å²) >= 11 is 4.08. The number of carbonyl (C=O) groups is 1. The van der Waals surface area contributed by atoms with Gasteiger partial charge in [-0.2, -0.15) is 17.7 Å². The van der Waals surface area contributed by atoms with E-state index in [0.717, 1.165) is 0 Å². The minimum absolute atomic E-state index is 0.403. The van der Waals surface area contributed by atoms with Gasteiger partial charge in [0.25, 0.3) is 0 Å². The van der Waals surface area contributed by atoms with Gasteiger partial charge in [0, 0.05) is 6.20 Å². The number of carbonyl (C=O) groups excluding carboxylic acids is 1. The lowest BCUT2D eigenvalue weighted by molar-refractivity contribution is 0.0602. The normalized spacial score (nSPS) is 10.5. The molecule has 0 saturated carbocycles. The highest BCUT2D eigenvalue weighted by molar-refractivity contribution is 7.79. The molecule has 2 aromatic heterocycles. The second-order valence-corrected chi connectivity index (χ2v) is 3.18. The summed E-state index contributed by atoms with van der Waals surface area (Å²) < 4.78 is 6.19. The maximum absolute atomic E-state index is 11.4. The van der Waals surface area contributed by atoms with Gasteiger partial charge in [0.05, 0.1) is 12.9 Å². The molecule has 0 unspecified atom stereocenters. The van der Waals surface area contributed by atoms with E-state index in [-0.39, 0.29) is 0 Å². The van der Waals surface area contributed by atoms with Crippen molar-refractivity contribution in [2.75, 3.05) is 7.11 Å². The Hall–Kier alpha value is -1.56. The molecular formula is C9H9N3O2S. The number of hydrogen-bond acceptors (Lipinski definition) is 5. The van der Waals surface area contributed by atoms with Gasteiger partial charge in [0.1, 0.15) is 5.56 Å². The molecule has 0 aliphatic rings. The number of thiol groups is 1. The van der Waals surface area contributed by atoms with Gasteiger partial charge in [0.15, 0.2) is 11.5 Å². The summed E-state index contributed by atoms with van der Waals surface area (Å²) in [5.74, 6) is 0.593. The van der Waals surface area contributed by atoms with Crippen LogP contribution in [0.15, 0.2) is 18.3 Å². The molecule has 78 valence electrons. The van der Waals surface area contributed by atoms with Gasteiger partial charge in [-0.3, -0.25) is 0 Å². The van der Waals surface area contributed by atoms with E-state index in [4.69, 9.17) is 0 Å². The topological polar surface area (TPSA) is 56.5 Å². The van der Waals surface area contributed by atoms with E-state index in [0.29, 0.717) is 22.8 Å². The van der Waals surface area contributed by atoms with Crippen LogP contribution in [0.25, 0.3) is 5.65 Å². The van der Waals surface area contributed by atoms with Crippen LogP contribution < -0.4 is 0 Å². The molecule has 0 fully saturated rings. The minimum Gasteiger partial charge on any atom is -0.465 e. The molecule has 0 N–H and O–H groups in total. The van der Waals surface area contributed by atoms with Crippen LogP contribution in [0.2, 0.25) is 0 Å². The molecule has 2 aromatic rings. The van der Waals surface area contributed by atoms with Crippen LogP contribution in [-0.2, 0) is 10.5 Å². The zero-order valence-electron chi connectivity index (χ0n) is 8.04. The third-order valence-electron chi connectivity index (χ3n) is 1.95. The fourth-order valence-corrected chi connectivity index (χ4v) is 1.42. The summed E-state index contributed by atoms with van der Waals surface area (Å²) in [7, 11) is 1.34. The fraction of sp³-hybridized carbons (Fsp3) is 0.222. The van der Waals surface area contributed by atoms with E-state index in [9.17, 15) is 4.79 Å². The van der Waals surface area contributed by atoms with Crippen molar-refractivity contribution in [1.82, 2.24) is 14.6 Å². The molecule has 0 aliphatic heterocycles. The van der Waals surface area contributed by atoms with Gasteiger partial charge in [-0.05, 0) is 12.1 Å². The van der Waals surface area contributed by atoms with Crippen molar-refractivity contribution in [2.24, 2.45) is 0 Å². The molecule has 0 aromatic carbocycles. The Balaban J connectivity index is 2.64. The average molecular weight is 223 g/mol. The van der Waals surface area contributed by atoms with Crippen molar-refractivity contribution in [3.05, 3.63) is 29.7 Å². The number of aromatic nitrogens is 3. The Morgan fingerprint density at radius 2 is 2.47 bits per heavy atom. The summed E-state index contributed by atoms with van der Waals surface area (Å²) in [6.45, 7) is 0. The van der Waals surface area contributed by atoms with Gasteiger partial charge in [-0.25, -0.2) is 14.3 Å². The lowest BCUT2D eigenvalue weighted by Gasteiger charge is -1.99. The summed E-state index contributed by atoms with van der Waals surface area (Å²) in [4.78, 5) is 15.6. The summed E-state index contributed by atoms with van der Waals surface area (Å²) in [5.41, 5.74) is 0.897. The van der Waals surface area contributed by atoms with Crippen molar-refractivity contribution in [2.45, 2.75) is 5.75 Å². The average Bonchev–Trinajstić information content (AvgIpc) is 2.70. The zero-order chi connectivity index (χ0) is 10.8. The van der Waals surface area contributed by atoms with Crippen LogP contribution >= 0.6 is 12.6 Å². The van der Waals surface area contributed by atoms with Crippen molar-refractivity contribution in [1.29, 1.82) is 0 Å². The monoisotopic (exact) mass is 223 g/mol. The van der Waals surface area contributed by atoms with Crippen molar-refractivity contribution < 1.29 is 9.53 Å².